The summed E-state index contributed by atoms with van der Waals surface area (Å²) in [6.07, 6.45) is 15.9. The minimum Gasteiger partial charge on any atom is -0.368 e. The van der Waals surface area contributed by atoms with Crippen LogP contribution in [0.1, 0.15) is 75.7 Å². The molecule has 6 nitrogen and oxygen atoms in total. The normalized spacial score (nSPS) is 31.1. The highest BCUT2D eigenvalue weighted by atomic mass is 16.5. The minimum atomic E-state index is 0.0112. The van der Waals surface area contributed by atoms with Crippen molar-refractivity contribution in [1.82, 2.24) is 19.8 Å². The Morgan fingerprint density at radius 1 is 0.667 bits per heavy atom. The van der Waals surface area contributed by atoms with Crippen molar-refractivity contribution in [2.24, 2.45) is 23.7 Å². The third kappa shape index (κ3) is 6.22. The molecule has 0 N–H and O–H groups in total. The van der Waals surface area contributed by atoms with Crippen LogP contribution in [0.2, 0.25) is 0 Å². The summed E-state index contributed by atoms with van der Waals surface area (Å²) in [5, 5.41) is 2.42. The number of hydrogen-bond acceptors (Lipinski definition) is 6. The van der Waals surface area contributed by atoms with E-state index in [1.165, 1.54) is 86.6 Å². The summed E-state index contributed by atoms with van der Waals surface area (Å²) in [5.74, 6) is 3.23. The van der Waals surface area contributed by atoms with E-state index in [-0.39, 0.29) is 12.2 Å². The van der Waals surface area contributed by atoms with Crippen LogP contribution >= 0.6 is 0 Å². The third-order valence-corrected chi connectivity index (χ3v) is 12.5. The number of piperidine rings is 6. The molecule has 0 saturated carbocycles. The van der Waals surface area contributed by atoms with Gasteiger partial charge in [-0.15, -0.1) is 0 Å². The van der Waals surface area contributed by atoms with Gasteiger partial charge in [0, 0.05) is 48.3 Å². The molecule has 6 heteroatoms. The maximum Gasteiger partial charge on any atom is 0.0991 e. The average Bonchev–Trinajstić information content (AvgIpc) is 3.16. The average molecular weight is 645 g/mol. The van der Waals surface area contributed by atoms with E-state index in [4.69, 9.17) is 9.47 Å². The fourth-order valence-electron chi connectivity index (χ4n) is 9.92. The van der Waals surface area contributed by atoms with Gasteiger partial charge >= 0.3 is 0 Å². The molecule has 48 heavy (non-hydrogen) atoms. The summed E-state index contributed by atoms with van der Waals surface area (Å²) in [6.45, 7) is 10.6. The molecule has 4 aromatic rings. The second-order valence-electron chi connectivity index (χ2n) is 14.8. The summed E-state index contributed by atoms with van der Waals surface area (Å²) < 4.78 is 13.8. The number of ether oxygens (including phenoxy) is 2. The molecule has 10 rings (SSSR count). The Labute approximate surface area is 286 Å². The van der Waals surface area contributed by atoms with Gasteiger partial charge in [-0.05, 0) is 97.8 Å². The highest BCUT2D eigenvalue weighted by Gasteiger charge is 2.45. The molecule has 2 unspecified atom stereocenters. The molecular weight excluding hydrogens is 592 g/mol. The van der Waals surface area contributed by atoms with Gasteiger partial charge in [0.2, 0.25) is 0 Å². The van der Waals surface area contributed by atoms with Crippen LogP contribution in [0.5, 0.6) is 0 Å². The van der Waals surface area contributed by atoms with E-state index in [0.717, 1.165) is 34.7 Å². The zero-order chi connectivity index (χ0) is 32.5. The molecule has 4 bridgehead atoms. The highest BCUT2D eigenvalue weighted by Crippen LogP contribution is 2.45. The highest BCUT2D eigenvalue weighted by molar-refractivity contribution is 5.83. The monoisotopic (exact) mass is 644 g/mol. The molecule has 6 fully saturated rings. The lowest BCUT2D eigenvalue weighted by Crippen LogP contribution is -2.55. The largest absolute Gasteiger partial charge is 0.368 e. The number of fused-ring (bicyclic) bond motifs is 8. The Morgan fingerprint density at radius 2 is 1.12 bits per heavy atom. The van der Waals surface area contributed by atoms with Crippen LogP contribution in [0.4, 0.5) is 0 Å². The first-order chi connectivity index (χ1) is 23.7. The SMILES string of the molecule is CC[C@H]1CN2CC[C@H]1C[C@H]2[C@H](OC/C=C/CO[C@H](c1ccnc2ccccc12)[C@@H]1C[C@@H]2CCN1C[C@@H]2CC)c1ccnc2ccccc12. The smallest absolute Gasteiger partial charge is 0.0991 e. The lowest BCUT2D eigenvalue weighted by molar-refractivity contribution is -0.0790. The molecule has 2 aromatic heterocycles. The lowest BCUT2D eigenvalue weighted by Gasteiger charge is -2.52. The molecule has 0 amide bonds. The van der Waals surface area contributed by atoms with Crippen LogP contribution in [0.15, 0.2) is 85.2 Å². The van der Waals surface area contributed by atoms with Crippen molar-refractivity contribution in [2.75, 3.05) is 39.4 Å². The van der Waals surface area contributed by atoms with Crippen molar-refractivity contribution < 1.29 is 9.47 Å². The van der Waals surface area contributed by atoms with E-state index >= 15 is 0 Å². The Bertz CT molecular complexity index is 1590. The summed E-state index contributed by atoms with van der Waals surface area (Å²) >= 11 is 0. The number of para-hydroxylation sites is 2. The quantitative estimate of drug-likeness (QED) is 0.144. The predicted octanol–water partition coefficient (Wildman–Crippen LogP) is 8.40. The van der Waals surface area contributed by atoms with Crippen LogP contribution < -0.4 is 0 Å². The molecule has 8 heterocycles. The van der Waals surface area contributed by atoms with Crippen LogP contribution in [0.25, 0.3) is 21.8 Å². The van der Waals surface area contributed by atoms with Crippen molar-refractivity contribution in [3.05, 3.63) is 96.3 Å². The lowest BCUT2D eigenvalue weighted by atomic mass is 9.72. The van der Waals surface area contributed by atoms with E-state index in [0.29, 0.717) is 25.3 Å². The first kappa shape index (κ1) is 32.1. The number of rotatable bonds is 12. The zero-order valence-corrected chi connectivity index (χ0v) is 28.8. The fraction of sp³-hybridized carbons (Fsp3) is 0.524. The topological polar surface area (TPSA) is 50.7 Å². The van der Waals surface area contributed by atoms with Gasteiger partial charge in [0.25, 0.3) is 0 Å². The Hall–Kier alpha value is -3.16. The van der Waals surface area contributed by atoms with Crippen LogP contribution in [0, 0.1) is 23.7 Å². The van der Waals surface area contributed by atoms with Crippen molar-refractivity contribution in [1.29, 1.82) is 0 Å². The van der Waals surface area contributed by atoms with Gasteiger partial charge in [-0.2, -0.15) is 0 Å². The van der Waals surface area contributed by atoms with Gasteiger partial charge in [0.15, 0.2) is 0 Å². The van der Waals surface area contributed by atoms with Crippen molar-refractivity contribution in [2.45, 2.75) is 76.7 Å². The number of pyridine rings is 2. The van der Waals surface area contributed by atoms with Crippen LogP contribution in [0.3, 0.4) is 0 Å². The predicted molar refractivity (Wildman–Crippen MR) is 194 cm³/mol. The molecule has 6 saturated heterocycles. The molecule has 252 valence electrons. The maximum absolute atomic E-state index is 6.90. The Kier molecular flexibility index (Phi) is 9.60. The molecule has 6 aliphatic heterocycles. The van der Waals surface area contributed by atoms with E-state index < -0.39 is 0 Å². The van der Waals surface area contributed by atoms with E-state index in [9.17, 15) is 0 Å². The van der Waals surface area contributed by atoms with Gasteiger partial charge in [-0.1, -0.05) is 75.2 Å². The second-order valence-corrected chi connectivity index (χ2v) is 14.8. The molecule has 2 aromatic carbocycles. The number of hydrogen-bond donors (Lipinski definition) is 0. The Morgan fingerprint density at radius 3 is 1.54 bits per heavy atom. The van der Waals surface area contributed by atoms with E-state index in [1.54, 1.807) is 0 Å². The number of nitrogens with zero attached hydrogens (tertiary/aromatic N) is 4. The Balaban J connectivity index is 0.998. The second kappa shape index (κ2) is 14.4. The molecule has 0 radical (unpaired) electrons. The third-order valence-electron chi connectivity index (χ3n) is 12.5. The van der Waals surface area contributed by atoms with Gasteiger partial charge in [-0.3, -0.25) is 19.8 Å². The molecule has 0 aliphatic carbocycles. The minimum absolute atomic E-state index is 0.0112. The summed E-state index contributed by atoms with van der Waals surface area (Å²) in [4.78, 5) is 14.8. The first-order valence-corrected chi connectivity index (χ1v) is 18.7. The standard InChI is InChI=1S/C42H52N4O2/c1-3-29-27-45-21-17-31(29)25-39(45)41(35-15-19-43-37-13-7-5-11-33(35)37)47-23-9-10-24-48-42(36-16-20-44-38-14-8-6-12-34(36)38)40-26-32-18-22-46(40)28-30(32)4-2/h5-16,19-20,29-32,39-42H,3-4,17-18,21-28H2,1-2H3/b10-9+/t29-,30-,31-,32-,39-,40-,41+,42+/m0/s1. The summed E-state index contributed by atoms with van der Waals surface area (Å²) in [5.41, 5.74) is 4.63. The van der Waals surface area contributed by atoms with E-state index in [1.807, 2.05) is 12.4 Å². The first-order valence-electron chi connectivity index (χ1n) is 18.7. The molecular formula is C42H52N4O2. The van der Waals surface area contributed by atoms with Gasteiger partial charge < -0.3 is 9.47 Å². The van der Waals surface area contributed by atoms with Crippen molar-refractivity contribution in [3.8, 4) is 0 Å². The van der Waals surface area contributed by atoms with Gasteiger partial charge in [0.05, 0.1) is 36.5 Å². The van der Waals surface area contributed by atoms with Crippen molar-refractivity contribution >= 4 is 21.8 Å². The maximum atomic E-state index is 6.90. The molecule has 10 atom stereocenters. The van der Waals surface area contributed by atoms with Crippen LogP contribution in [-0.2, 0) is 9.47 Å². The summed E-state index contributed by atoms with van der Waals surface area (Å²) in [6, 6.07) is 22.3. The zero-order valence-electron chi connectivity index (χ0n) is 28.8. The number of aromatic nitrogens is 2. The van der Waals surface area contributed by atoms with E-state index in [2.05, 4.69) is 106 Å². The van der Waals surface area contributed by atoms with Gasteiger partial charge in [-0.25, -0.2) is 0 Å². The molecule has 0 spiro atoms. The van der Waals surface area contributed by atoms with Gasteiger partial charge in [0.1, 0.15) is 0 Å². The van der Waals surface area contributed by atoms with Crippen LogP contribution in [-0.4, -0.2) is 71.2 Å². The summed E-state index contributed by atoms with van der Waals surface area (Å²) in [7, 11) is 0. The molecule has 6 aliphatic rings. The fourth-order valence-corrected chi connectivity index (χ4v) is 9.92. The van der Waals surface area contributed by atoms with Crippen molar-refractivity contribution in [3.63, 3.8) is 0 Å². The number of benzene rings is 2.